The van der Waals surface area contributed by atoms with Crippen molar-refractivity contribution in [3.05, 3.63) is 27.1 Å². The molecule has 4 heteroatoms. The predicted octanol–water partition coefficient (Wildman–Crippen LogP) is 3.54. The van der Waals surface area contributed by atoms with E-state index in [4.69, 9.17) is 4.74 Å². The average molecular weight is 337 g/mol. The van der Waals surface area contributed by atoms with Gasteiger partial charge in [-0.1, -0.05) is 6.07 Å². The lowest BCUT2D eigenvalue weighted by atomic mass is 10.3. The Kier molecular flexibility index (Phi) is 5.64. The van der Waals surface area contributed by atoms with Crippen LogP contribution in [0.3, 0.4) is 0 Å². The maximum Gasteiger partial charge on any atom is 0.147 e. The molecule has 0 spiro atoms. The Hall–Kier alpha value is -0.0600. The van der Waals surface area contributed by atoms with Crippen LogP contribution in [0, 0.1) is 0 Å². The van der Waals surface area contributed by atoms with Gasteiger partial charge in [0.2, 0.25) is 0 Å². The average Bonchev–Trinajstić information content (AvgIpc) is 2.15. The summed E-state index contributed by atoms with van der Waals surface area (Å²) in [4.78, 5) is 2.15. The number of halogens is 2. The molecule has 0 atom stereocenters. The van der Waals surface area contributed by atoms with Gasteiger partial charge in [-0.05, 0) is 64.5 Å². The summed E-state index contributed by atoms with van der Waals surface area (Å²) >= 11 is 6.93. The fourth-order valence-corrected chi connectivity index (χ4v) is 2.40. The van der Waals surface area contributed by atoms with Crippen molar-refractivity contribution in [2.75, 3.05) is 27.2 Å². The molecule has 0 aromatic heterocycles. The van der Waals surface area contributed by atoms with E-state index in [-0.39, 0.29) is 0 Å². The van der Waals surface area contributed by atoms with Gasteiger partial charge in [0.05, 0.1) is 15.6 Å². The van der Waals surface area contributed by atoms with E-state index in [0.29, 0.717) is 0 Å². The van der Waals surface area contributed by atoms with E-state index in [1.54, 1.807) is 0 Å². The fourth-order valence-electron chi connectivity index (χ4n) is 1.18. The van der Waals surface area contributed by atoms with E-state index in [2.05, 4.69) is 50.9 Å². The Bertz CT molecular complexity index is 295. The van der Waals surface area contributed by atoms with Crippen molar-refractivity contribution in [2.45, 2.75) is 6.42 Å². The van der Waals surface area contributed by atoms with Gasteiger partial charge in [-0.15, -0.1) is 0 Å². The molecule has 0 aliphatic heterocycles. The monoisotopic (exact) mass is 335 g/mol. The van der Waals surface area contributed by atoms with E-state index in [9.17, 15) is 0 Å². The van der Waals surface area contributed by atoms with Crippen LogP contribution < -0.4 is 4.74 Å². The molecular weight excluding hydrogens is 322 g/mol. The molecule has 0 aliphatic carbocycles. The first-order valence-corrected chi connectivity index (χ1v) is 6.41. The van der Waals surface area contributed by atoms with Crippen LogP contribution in [0.15, 0.2) is 27.1 Å². The number of rotatable bonds is 5. The highest BCUT2D eigenvalue weighted by Crippen LogP contribution is 2.32. The van der Waals surface area contributed by atoms with E-state index >= 15 is 0 Å². The first kappa shape index (κ1) is 13.0. The van der Waals surface area contributed by atoms with Crippen LogP contribution in [-0.2, 0) is 0 Å². The number of nitrogens with zero attached hydrogens (tertiary/aromatic N) is 1. The zero-order chi connectivity index (χ0) is 11.3. The molecule has 2 nitrogen and oxygen atoms in total. The third kappa shape index (κ3) is 4.53. The van der Waals surface area contributed by atoms with Crippen molar-refractivity contribution in [3.8, 4) is 5.75 Å². The van der Waals surface area contributed by atoms with Crippen molar-refractivity contribution in [1.29, 1.82) is 0 Å². The number of hydrogen-bond donors (Lipinski definition) is 0. The second-order valence-corrected chi connectivity index (χ2v) is 5.26. The second kappa shape index (κ2) is 6.51. The van der Waals surface area contributed by atoms with Gasteiger partial charge in [0.1, 0.15) is 5.75 Å². The van der Waals surface area contributed by atoms with Crippen LogP contribution >= 0.6 is 31.9 Å². The molecule has 0 unspecified atom stereocenters. The Balaban J connectivity index is 2.43. The van der Waals surface area contributed by atoms with Crippen molar-refractivity contribution >= 4 is 31.9 Å². The highest BCUT2D eigenvalue weighted by molar-refractivity contribution is 9.11. The molecule has 0 amide bonds. The van der Waals surface area contributed by atoms with E-state index in [0.717, 1.165) is 34.3 Å². The standard InChI is InChI=1S/C11H15Br2NO/c1-14(2)7-4-8-15-11-9(12)5-3-6-10(11)13/h3,5-6H,4,7-8H2,1-2H3. The number of hydrogen-bond acceptors (Lipinski definition) is 2. The summed E-state index contributed by atoms with van der Waals surface area (Å²) in [5.41, 5.74) is 0. The maximum absolute atomic E-state index is 5.70. The summed E-state index contributed by atoms with van der Waals surface area (Å²) in [5.74, 6) is 0.885. The smallest absolute Gasteiger partial charge is 0.147 e. The predicted molar refractivity (Wildman–Crippen MR) is 70.5 cm³/mol. The van der Waals surface area contributed by atoms with Crippen LogP contribution in [0.25, 0.3) is 0 Å². The van der Waals surface area contributed by atoms with Crippen LogP contribution in [0.5, 0.6) is 5.75 Å². The molecule has 84 valence electrons. The minimum atomic E-state index is 0.736. The van der Waals surface area contributed by atoms with Gasteiger partial charge in [-0.3, -0.25) is 0 Å². The summed E-state index contributed by atoms with van der Waals surface area (Å²) < 4.78 is 7.67. The van der Waals surface area contributed by atoms with Crippen molar-refractivity contribution in [1.82, 2.24) is 4.90 Å². The first-order chi connectivity index (χ1) is 7.11. The summed E-state index contributed by atoms with van der Waals surface area (Å²) in [7, 11) is 4.13. The fraction of sp³-hybridized carbons (Fsp3) is 0.455. The molecule has 1 aromatic rings. The van der Waals surface area contributed by atoms with Gasteiger partial charge in [-0.25, -0.2) is 0 Å². The Morgan fingerprint density at radius 1 is 1.20 bits per heavy atom. The highest BCUT2D eigenvalue weighted by Gasteiger charge is 2.04. The molecule has 0 heterocycles. The summed E-state index contributed by atoms with van der Waals surface area (Å²) in [6.07, 6.45) is 1.03. The normalized spacial score (nSPS) is 10.7. The van der Waals surface area contributed by atoms with Gasteiger partial charge in [0.25, 0.3) is 0 Å². The van der Waals surface area contributed by atoms with Gasteiger partial charge in [0.15, 0.2) is 0 Å². The molecule has 0 saturated heterocycles. The Labute approximate surface area is 108 Å². The zero-order valence-electron chi connectivity index (χ0n) is 8.96. The van der Waals surface area contributed by atoms with E-state index in [1.807, 2.05) is 18.2 Å². The van der Waals surface area contributed by atoms with E-state index in [1.165, 1.54) is 0 Å². The van der Waals surface area contributed by atoms with E-state index < -0.39 is 0 Å². The van der Waals surface area contributed by atoms with Gasteiger partial charge in [0, 0.05) is 6.54 Å². The molecular formula is C11H15Br2NO. The summed E-state index contributed by atoms with van der Waals surface area (Å²) in [6, 6.07) is 5.93. The molecule has 1 aromatic carbocycles. The molecule has 15 heavy (non-hydrogen) atoms. The molecule has 0 radical (unpaired) electrons. The largest absolute Gasteiger partial charge is 0.491 e. The molecule has 0 bridgehead atoms. The lowest BCUT2D eigenvalue weighted by molar-refractivity contribution is 0.279. The minimum Gasteiger partial charge on any atom is -0.491 e. The highest BCUT2D eigenvalue weighted by atomic mass is 79.9. The van der Waals surface area contributed by atoms with Crippen LogP contribution in [0.2, 0.25) is 0 Å². The topological polar surface area (TPSA) is 12.5 Å². The van der Waals surface area contributed by atoms with Crippen LogP contribution in [-0.4, -0.2) is 32.1 Å². The third-order valence-corrected chi connectivity index (χ3v) is 3.16. The van der Waals surface area contributed by atoms with Crippen molar-refractivity contribution in [2.24, 2.45) is 0 Å². The van der Waals surface area contributed by atoms with Gasteiger partial charge >= 0.3 is 0 Å². The second-order valence-electron chi connectivity index (χ2n) is 3.56. The molecule has 0 aliphatic rings. The maximum atomic E-state index is 5.70. The molecule has 1 rings (SSSR count). The molecule has 0 N–H and O–H groups in total. The summed E-state index contributed by atoms with van der Waals surface area (Å²) in [5, 5.41) is 0. The lowest BCUT2D eigenvalue weighted by Gasteiger charge is -2.12. The van der Waals surface area contributed by atoms with Crippen LogP contribution in [0.1, 0.15) is 6.42 Å². The van der Waals surface area contributed by atoms with Crippen LogP contribution in [0.4, 0.5) is 0 Å². The molecule has 0 saturated carbocycles. The van der Waals surface area contributed by atoms with Gasteiger partial charge < -0.3 is 9.64 Å². The number of ether oxygens (including phenoxy) is 1. The van der Waals surface area contributed by atoms with Crippen molar-refractivity contribution in [3.63, 3.8) is 0 Å². The Morgan fingerprint density at radius 3 is 2.33 bits per heavy atom. The SMILES string of the molecule is CN(C)CCCOc1c(Br)cccc1Br. The number of benzene rings is 1. The third-order valence-electron chi connectivity index (χ3n) is 1.92. The van der Waals surface area contributed by atoms with Gasteiger partial charge in [-0.2, -0.15) is 0 Å². The lowest BCUT2D eigenvalue weighted by Crippen LogP contribution is -2.15. The summed E-state index contributed by atoms with van der Waals surface area (Å²) in [6.45, 7) is 1.78. The van der Waals surface area contributed by atoms with Crippen molar-refractivity contribution < 1.29 is 4.74 Å². The Morgan fingerprint density at radius 2 is 1.80 bits per heavy atom. The first-order valence-electron chi connectivity index (χ1n) is 4.83. The molecule has 0 fully saturated rings. The zero-order valence-corrected chi connectivity index (χ0v) is 12.1. The number of para-hydroxylation sites is 1. The quantitative estimate of drug-likeness (QED) is 0.762. The minimum absolute atomic E-state index is 0.736.